The van der Waals surface area contributed by atoms with Crippen molar-refractivity contribution >= 4 is 44.7 Å². The Morgan fingerprint density at radius 3 is 2.67 bits per heavy atom. The van der Waals surface area contributed by atoms with E-state index in [1.807, 2.05) is 0 Å². The van der Waals surface area contributed by atoms with Gasteiger partial charge in [-0.05, 0) is 25.1 Å². The van der Waals surface area contributed by atoms with Crippen molar-refractivity contribution < 1.29 is 4.79 Å². The van der Waals surface area contributed by atoms with Gasteiger partial charge in [0, 0.05) is 28.0 Å². The second-order valence-electron chi connectivity index (χ2n) is 4.40. The van der Waals surface area contributed by atoms with Crippen LogP contribution in [0.3, 0.4) is 0 Å². The minimum Gasteiger partial charge on any atom is -0.389 e. The van der Waals surface area contributed by atoms with Crippen LogP contribution in [-0.4, -0.2) is 15.9 Å². The average Bonchev–Trinajstić information content (AvgIpc) is 2.37. The van der Waals surface area contributed by atoms with Gasteiger partial charge in [0.2, 0.25) is 0 Å². The zero-order valence-corrected chi connectivity index (χ0v) is 13.5. The number of thiocarbonyl (C=S) groups is 1. The Bertz CT molecular complexity index is 786. The third-order valence-electron chi connectivity index (χ3n) is 2.80. The zero-order valence-electron chi connectivity index (χ0n) is 11.1. The van der Waals surface area contributed by atoms with Crippen LogP contribution in [-0.2, 0) is 0 Å². The van der Waals surface area contributed by atoms with Gasteiger partial charge < -0.3 is 16.0 Å². The van der Waals surface area contributed by atoms with Crippen LogP contribution in [0.25, 0.3) is 0 Å². The van der Waals surface area contributed by atoms with E-state index in [4.69, 9.17) is 18.0 Å². The minimum atomic E-state index is -0.521. The van der Waals surface area contributed by atoms with Crippen molar-refractivity contribution in [3.05, 3.63) is 62.0 Å². The molecule has 1 aromatic carbocycles. The topological polar surface area (TPSA) is 88.0 Å². The average molecular weight is 366 g/mol. The van der Waals surface area contributed by atoms with Crippen molar-refractivity contribution in [2.45, 2.75) is 6.92 Å². The van der Waals surface area contributed by atoms with Gasteiger partial charge in [-0.1, -0.05) is 28.1 Å². The summed E-state index contributed by atoms with van der Waals surface area (Å²) < 4.78 is 0.760. The summed E-state index contributed by atoms with van der Waals surface area (Å²) >= 11 is 8.26. The number of aromatic nitrogens is 1. The lowest BCUT2D eigenvalue weighted by molar-refractivity contribution is 0.102. The number of nitrogens with two attached hydrogens (primary N) is 1. The molecule has 0 aliphatic carbocycles. The molecular formula is C14H12BrN3O2S. The van der Waals surface area contributed by atoms with Gasteiger partial charge in [0.05, 0.1) is 5.69 Å². The van der Waals surface area contributed by atoms with Crippen LogP contribution in [0, 0.1) is 6.92 Å². The second kappa shape index (κ2) is 6.19. The number of hydrogen-bond donors (Lipinski definition) is 3. The fourth-order valence-electron chi connectivity index (χ4n) is 1.78. The van der Waals surface area contributed by atoms with E-state index in [1.165, 1.54) is 12.3 Å². The molecule has 0 saturated heterocycles. The number of pyridine rings is 1. The lowest BCUT2D eigenvalue weighted by Gasteiger charge is -2.10. The summed E-state index contributed by atoms with van der Waals surface area (Å²) in [5.74, 6) is -0.521. The third-order valence-corrected chi connectivity index (χ3v) is 3.51. The fraction of sp³-hybridized carbons (Fsp3) is 0.0714. The van der Waals surface area contributed by atoms with Crippen molar-refractivity contribution in [2.75, 3.05) is 5.32 Å². The Kier molecular flexibility index (Phi) is 4.54. The maximum absolute atomic E-state index is 12.2. The summed E-state index contributed by atoms with van der Waals surface area (Å²) in [4.78, 5) is 27.0. The van der Waals surface area contributed by atoms with Gasteiger partial charge in [-0.3, -0.25) is 9.59 Å². The molecule has 0 saturated carbocycles. The Labute approximate surface area is 134 Å². The first-order valence-electron chi connectivity index (χ1n) is 5.98. The molecule has 1 heterocycles. The molecule has 21 heavy (non-hydrogen) atoms. The molecule has 0 bridgehead atoms. The van der Waals surface area contributed by atoms with E-state index in [9.17, 15) is 9.59 Å². The molecule has 1 aromatic heterocycles. The molecule has 108 valence electrons. The number of anilines is 1. The van der Waals surface area contributed by atoms with Gasteiger partial charge in [-0.2, -0.15) is 0 Å². The lowest BCUT2D eigenvalue weighted by atomic mass is 10.1. The highest BCUT2D eigenvalue weighted by molar-refractivity contribution is 9.10. The van der Waals surface area contributed by atoms with Crippen LogP contribution in [0.2, 0.25) is 0 Å². The summed E-state index contributed by atoms with van der Waals surface area (Å²) in [5.41, 5.74) is 6.96. The van der Waals surface area contributed by atoms with E-state index in [0.717, 1.165) is 4.47 Å². The molecule has 5 nitrogen and oxygen atoms in total. The van der Waals surface area contributed by atoms with Crippen molar-refractivity contribution in [3.63, 3.8) is 0 Å². The summed E-state index contributed by atoms with van der Waals surface area (Å²) in [6.07, 6.45) is 1.38. The molecule has 0 fully saturated rings. The van der Waals surface area contributed by atoms with Crippen molar-refractivity contribution in [1.29, 1.82) is 0 Å². The molecule has 0 spiro atoms. The number of nitrogens with one attached hydrogen (secondary N) is 2. The quantitative estimate of drug-likeness (QED) is 0.728. The summed E-state index contributed by atoms with van der Waals surface area (Å²) in [5, 5.41) is 2.65. The highest BCUT2D eigenvalue weighted by Gasteiger charge is 2.14. The van der Waals surface area contributed by atoms with Gasteiger partial charge in [0.15, 0.2) is 5.43 Å². The highest BCUT2D eigenvalue weighted by Crippen LogP contribution is 2.22. The van der Waals surface area contributed by atoms with Gasteiger partial charge in [-0.15, -0.1) is 0 Å². The predicted molar refractivity (Wildman–Crippen MR) is 89.8 cm³/mol. The maximum Gasteiger partial charge on any atom is 0.261 e. The zero-order chi connectivity index (χ0) is 15.6. The second-order valence-corrected chi connectivity index (χ2v) is 5.76. The van der Waals surface area contributed by atoms with E-state index < -0.39 is 5.91 Å². The number of amides is 1. The van der Waals surface area contributed by atoms with Crippen molar-refractivity contribution in [3.8, 4) is 0 Å². The van der Waals surface area contributed by atoms with E-state index in [-0.39, 0.29) is 16.0 Å². The Hall–Kier alpha value is -1.99. The molecular weight excluding hydrogens is 354 g/mol. The number of rotatable bonds is 3. The van der Waals surface area contributed by atoms with Crippen LogP contribution < -0.4 is 16.5 Å². The standard InChI is InChI=1S/C14H12BrN3O2S/c1-7-4-12(19)10(6-17-7)14(20)18-11-5-8(15)2-3-9(11)13(16)21/h2-6H,1H3,(H2,16,21)(H,17,19)(H,18,20). The van der Waals surface area contributed by atoms with Crippen LogP contribution in [0.4, 0.5) is 5.69 Å². The molecule has 2 aromatic rings. The largest absolute Gasteiger partial charge is 0.389 e. The first kappa shape index (κ1) is 15.4. The number of benzene rings is 1. The SMILES string of the molecule is Cc1cc(=O)c(C(=O)Nc2cc(Br)ccc2C(N)=S)c[nH]1. The summed E-state index contributed by atoms with van der Waals surface area (Å²) in [7, 11) is 0. The van der Waals surface area contributed by atoms with Crippen LogP contribution in [0.1, 0.15) is 21.6 Å². The number of aryl methyl sites for hydroxylation is 1. The van der Waals surface area contributed by atoms with E-state index >= 15 is 0 Å². The number of aromatic amines is 1. The smallest absolute Gasteiger partial charge is 0.261 e. The van der Waals surface area contributed by atoms with Crippen molar-refractivity contribution in [1.82, 2.24) is 4.98 Å². The Morgan fingerprint density at radius 1 is 1.33 bits per heavy atom. The van der Waals surface area contributed by atoms with Gasteiger partial charge in [0.25, 0.3) is 5.91 Å². The fourth-order valence-corrected chi connectivity index (χ4v) is 2.31. The van der Waals surface area contributed by atoms with Crippen molar-refractivity contribution in [2.24, 2.45) is 5.73 Å². The van der Waals surface area contributed by atoms with Gasteiger partial charge in [0.1, 0.15) is 10.6 Å². The molecule has 0 radical (unpaired) electrons. The molecule has 0 atom stereocenters. The molecule has 0 aliphatic rings. The first-order valence-corrected chi connectivity index (χ1v) is 7.18. The van der Waals surface area contributed by atoms with E-state index in [2.05, 4.69) is 26.2 Å². The lowest BCUT2D eigenvalue weighted by Crippen LogP contribution is -2.23. The van der Waals surface area contributed by atoms with Crippen LogP contribution in [0.5, 0.6) is 0 Å². The molecule has 0 aliphatic heterocycles. The first-order chi connectivity index (χ1) is 9.88. The third kappa shape index (κ3) is 3.56. The monoisotopic (exact) mass is 365 g/mol. The van der Waals surface area contributed by atoms with Gasteiger partial charge >= 0.3 is 0 Å². The molecule has 1 amide bonds. The maximum atomic E-state index is 12.2. The van der Waals surface area contributed by atoms with Crippen LogP contribution in [0.15, 0.2) is 39.7 Å². The van der Waals surface area contributed by atoms with E-state index in [0.29, 0.717) is 16.9 Å². The van der Waals surface area contributed by atoms with Crippen LogP contribution >= 0.6 is 28.1 Å². The number of hydrogen-bond acceptors (Lipinski definition) is 3. The highest BCUT2D eigenvalue weighted by atomic mass is 79.9. The van der Waals surface area contributed by atoms with E-state index in [1.54, 1.807) is 25.1 Å². The summed E-state index contributed by atoms with van der Waals surface area (Å²) in [6.45, 7) is 1.74. The molecule has 0 unspecified atom stereocenters. The predicted octanol–water partition coefficient (Wildman–Crippen LogP) is 2.33. The summed E-state index contributed by atoms with van der Waals surface area (Å²) in [6, 6.07) is 6.50. The number of halogens is 1. The number of H-pyrrole nitrogens is 1. The molecule has 4 N–H and O–H groups in total. The molecule has 7 heteroatoms. The minimum absolute atomic E-state index is 0.0227. The molecule has 2 rings (SSSR count). The number of carbonyl (C=O) groups is 1. The Morgan fingerprint density at radius 2 is 2.05 bits per heavy atom. The number of carbonyl (C=O) groups excluding carboxylic acids is 1. The van der Waals surface area contributed by atoms with Gasteiger partial charge in [-0.25, -0.2) is 0 Å². The Balaban J connectivity index is 2.38. The normalized spacial score (nSPS) is 10.2.